The molecule has 0 bridgehead atoms. The third-order valence-corrected chi connectivity index (χ3v) is 4.69. The zero-order valence-corrected chi connectivity index (χ0v) is 12.6. The van der Waals surface area contributed by atoms with Gasteiger partial charge in [-0.15, -0.1) is 0 Å². The highest BCUT2D eigenvalue weighted by atomic mass is 16.5. The number of hydrogen-bond donors (Lipinski definition) is 1. The minimum Gasteiger partial charge on any atom is -0.477 e. The van der Waals surface area contributed by atoms with Crippen molar-refractivity contribution in [2.24, 2.45) is 11.8 Å². The van der Waals surface area contributed by atoms with Gasteiger partial charge in [0.15, 0.2) is 5.82 Å². The van der Waals surface area contributed by atoms with Crippen LogP contribution in [0.2, 0.25) is 0 Å². The van der Waals surface area contributed by atoms with Crippen molar-refractivity contribution in [1.82, 2.24) is 15.3 Å². The number of nitrogens with zero attached hydrogens (tertiary/aromatic N) is 3. The molecule has 3 heterocycles. The van der Waals surface area contributed by atoms with Crippen molar-refractivity contribution in [3.63, 3.8) is 0 Å². The van der Waals surface area contributed by atoms with Gasteiger partial charge in [-0.05, 0) is 32.1 Å². The normalized spacial score (nSPS) is 27.6. The molecule has 1 aromatic heterocycles. The molecule has 1 aromatic rings. The second kappa shape index (κ2) is 5.20. The molecular weight excluding hydrogens is 252 g/mol. The Kier molecular flexibility index (Phi) is 3.54. The Morgan fingerprint density at radius 1 is 1.40 bits per heavy atom. The van der Waals surface area contributed by atoms with E-state index >= 15 is 0 Å². The molecule has 0 saturated carbocycles. The van der Waals surface area contributed by atoms with Crippen LogP contribution in [0.15, 0.2) is 12.4 Å². The molecule has 0 amide bonds. The molecule has 2 fully saturated rings. The first-order chi connectivity index (χ1) is 9.63. The number of fused-ring (bicyclic) bond motifs is 1. The van der Waals surface area contributed by atoms with Crippen molar-refractivity contribution in [1.29, 1.82) is 0 Å². The average Bonchev–Trinajstić information content (AvgIpc) is 2.99. The van der Waals surface area contributed by atoms with Crippen molar-refractivity contribution < 1.29 is 4.74 Å². The molecule has 5 heteroatoms. The maximum Gasteiger partial charge on any atom is 0.234 e. The van der Waals surface area contributed by atoms with E-state index in [9.17, 15) is 0 Å². The van der Waals surface area contributed by atoms with Crippen LogP contribution in [-0.2, 0) is 0 Å². The fourth-order valence-corrected chi connectivity index (χ4v) is 3.55. The zero-order chi connectivity index (χ0) is 14.2. The van der Waals surface area contributed by atoms with Crippen LogP contribution in [0.4, 0.5) is 5.82 Å². The molecule has 0 aliphatic carbocycles. The predicted octanol–water partition coefficient (Wildman–Crippen LogP) is 1.70. The smallest absolute Gasteiger partial charge is 0.234 e. The second-order valence-corrected chi connectivity index (χ2v) is 6.35. The molecule has 0 spiro atoms. The van der Waals surface area contributed by atoms with E-state index in [1.54, 1.807) is 6.20 Å². The molecule has 20 heavy (non-hydrogen) atoms. The summed E-state index contributed by atoms with van der Waals surface area (Å²) in [4.78, 5) is 11.3. The van der Waals surface area contributed by atoms with E-state index in [0.29, 0.717) is 24.3 Å². The van der Waals surface area contributed by atoms with Crippen LogP contribution in [0.3, 0.4) is 0 Å². The van der Waals surface area contributed by atoms with Crippen molar-refractivity contribution in [3.8, 4) is 5.88 Å². The third kappa shape index (κ3) is 2.24. The Hall–Kier alpha value is -1.36. The van der Waals surface area contributed by atoms with Crippen molar-refractivity contribution in [3.05, 3.63) is 12.4 Å². The first-order valence-corrected chi connectivity index (χ1v) is 7.56. The highest BCUT2D eigenvalue weighted by molar-refractivity contribution is 5.44. The molecule has 1 N–H and O–H groups in total. The van der Waals surface area contributed by atoms with E-state index in [2.05, 4.69) is 41.0 Å². The molecule has 2 unspecified atom stereocenters. The lowest BCUT2D eigenvalue weighted by Gasteiger charge is -2.36. The fourth-order valence-electron chi connectivity index (χ4n) is 3.55. The standard InChI is InChI=1S/C15H24N4O/c1-4-5-20-14-9-17-8-13(18-14)19-10-11-6-16-7-12(11)15(19,2)3/h8-9,11-12,16H,4-7,10H2,1-3H3. The number of nitrogens with one attached hydrogen (secondary N) is 1. The molecular formula is C15H24N4O. The van der Waals surface area contributed by atoms with Crippen molar-refractivity contribution in [2.45, 2.75) is 32.7 Å². The monoisotopic (exact) mass is 276 g/mol. The van der Waals surface area contributed by atoms with Gasteiger partial charge >= 0.3 is 0 Å². The first kappa shape index (κ1) is 13.6. The Morgan fingerprint density at radius 3 is 3.00 bits per heavy atom. The van der Waals surface area contributed by atoms with Gasteiger partial charge in [0.05, 0.1) is 19.0 Å². The van der Waals surface area contributed by atoms with E-state index in [1.807, 2.05) is 6.20 Å². The molecule has 2 aliphatic heterocycles. The van der Waals surface area contributed by atoms with Crippen LogP contribution in [0.25, 0.3) is 0 Å². The van der Waals surface area contributed by atoms with Gasteiger partial charge in [0.25, 0.3) is 0 Å². The van der Waals surface area contributed by atoms with E-state index < -0.39 is 0 Å². The lowest BCUT2D eigenvalue weighted by Crippen LogP contribution is -2.45. The number of anilines is 1. The lowest BCUT2D eigenvalue weighted by molar-refractivity contribution is 0.303. The van der Waals surface area contributed by atoms with Crippen LogP contribution in [0.5, 0.6) is 5.88 Å². The summed E-state index contributed by atoms with van der Waals surface area (Å²) in [5.74, 6) is 2.98. The summed E-state index contributed by atoms with van der Waals surface area (Å²) in [6, 6.07) is 0. The van der Waals surface area contributed by atoms with Crippen molar-refractivity contribution in [2.75, 3.05) is 31.1 Å². The third-order valence-electron chi connectivity index (χ3n) is 4.69. The van der Waals surface area contributed by atoms with Crippen LogP contribution in [0, 0.1) is 11.8 Å². The maximum atomic E-state index is 5.60. The van der Waals surface area contributed by atoms with Gasteiger partial charge in [-0.25, -0.2) is 0 Å². The summed E-state index contributed by atoms with van der Waals surface area (Å²) in [5.41, 5.74) is 0.117. The minimum absolute atomic E-state index is 0.117. The van der Waals surface area contributed by atoms with Crippen LogP contribution in [-0.4, -0.2) is 41.7 Å². The Morgan fingerprint density at radius 2 is 2.25 bits per heavy atom. The van der Waals surface area contributed by atoms with Gasteiger partial charge in [0.1, 0.15) is 0 Å². The van der Waals surface area contributed by atoms with E-state index in [0.717, 1.165) is 31.9 Å². The fraction of sp³-hybridized carbons (Fsp3) is 0.733. The highest BCUT2D eigenvalue weighted by Gasteiger charge is 2.50. The Balaban J connectivity index is 1.82. The predicted molar refractivity (Wildman–Crippen MR) is 79.1 cm³/mol. The van der Waals surface area contributed by atoms with Crippen LogP contribution >= 0.6 is 0 Å². The summed E-state index contributed by atoms with van der Waals surface area (Å²) < 4.78 is 5.60. The molecule has 2 aliphatic rings. The van der Waals surface area contributed by atoms with Gasteiger partial charge in [-0.3, -0.25) is 4.98 Å². The summed E-state index contributed by atoms with van der Waals surface area (Å²) in [6.07, 6.45) is 4.54. The number of hydrogen-bond acceptors (Lipinski definition) is 5. The lowest BCUT2D eigenvalue weighted by atomic mass is 9.85. The summed E-state index contributed by atoms with van der Waals surface area (Å²) in [7, 11) is 0. The van der Waals surface area contributed by atoms with Gasteiger partial charge in [-0.1, -0.05) is 6.92 Å². The van der Waals surface area contributed by atoms with Gasteiger partial charge in [0, 0.05) is 25.2 Å². The molecule has 2 saturated heterocycles. The molecule has 110 valence electrons. The number of rotatable bonds is 4. The highest BCUT2D eigenvalue weighted by Crippen LogP contribution is 2.42. The summed E-state index contributed by atoms with van der Waals surface area (Å²) >= 11 is 0. The molecule has 2 atom stereocenters. The summed E-state index contributed by atoms with van der Waals surface area (Å²) in [5, 5.41) is 3.50. The first-order valence-electron chi connectivity index (χ1n) is 7.56. The van der Waals surface area contributed by atoms with E-state index in [4.69, 9.17) is 4.74 Å². The second-order valence-electron chi connectivity index (χ2n) is 6.35. The SMILES string of the molecule is CCCOc1cncc(N2CC3CNCC3C2(C)C)n1. The average molecular weight is 276 g/mol. The van der Waals surface area contributed by atoms with Gasteiger partial charge in [-0.2, -0.15) is 4.98 Å². The van der Waals surface area contributed by atoms with E-state index in [1.165, 1.54) is 0 Å². The van der Waals surface area contributed by atoms with Crippen molar-refractivity contribution >= 4 is 5.82 Å². The van der Waals surface area contributed by atoms with E-state index in [-0.39, 0.29) is 5.54 Å². The maximum absolute atomic E-state index is 5.60. The number of aromatic nitrogens is 2. The topological polar surface area (TPSA) is 50.3 Å². The van der Waals surface area contributed by atoms with Gasteiger partial charge < -0.3 is 15.0 Å². The van der Waals surface area contributed by atoms with Crippen LogP contribution < -0.4 is 15.0 Å². The molecule has 3 rings (SSSR count). The van der Waals surface area contributed by atoms with Gasteiger partial charge in [0.2, 0.25) is 5.88 Å². The quantitative estimate of drug-likeness (QED) is 0.907. The van der Waals surface area contributed by atoms with Crippen LogP contribution in [0.1, 0.15) is 27.2 Å². The number of ether oxygens (including phenoxy) is 1. The molecule has 0 aromatic carbocycles. The minimum atomic E-state index is 0.117. The zero-order valence-electron chi connectivity index (χ0n) is 12.6. The summed E-state index contributed by atoms with van der Waals surface area (Å²) in [6.45, 7) is 10.7. The Labute approximate surface area is 120 Å². The molecule has 0 radical (unpaired) electrons. The Bertz CT molecular complexity index is 477. The largest absolute Gasteiger partial charge is 0.477 e. The molecule has 5 nitrogen and oxygen atoms in total.